The zero-order chi connectivity index (χ0) is 15.2. The smallest absolute Gasteiger partial charge is 0.227 e. The van der Waals surface area contributed by atoms with E-state index >= 15 is 0 Å². The maximum Gasteiger partial charge on any atom is 0.227 e. The molecule has 0 aliphatic carbocycles. The van der Waals surface area contributed by atoms with Crippen LogP contribution in [0.1, 0.15) is 16.7 Å². The van der Waals surface area contributed by atoms with Gasteiger partial charge >= 0.3 is 0 Å². The molecule has 0 aliphatic heterocycles. The fourth-order valence-electron chi connectivity index (χ4n) is 2.22. The molecule has 0 heterocycles. The average molecular weight is 284 g/mol. The lowest BCUT2D eigenvalue weighted by Gasteiger charge is -2.18. The minimum atomic E-state index is -0.000784. The molecule has 0 unspecified atom stereocenters. The number of hydrogen-bond donors (Lipinski definition) is 2. The highest BCUT2D eigenvalue weighted by molar-refractivity contribution is 5.79. The maximum atomic E-state index is 12.3. The first-order valence-electron chi connectivity index (χ1n) is 6.89. The molecule has 0 atom stereocenters. The van der Waals surface area contributed by atoms with Crippen molar-refractivity contribution < 1.29 is 9.90 Å². The molecule has 2 aromatic carbocycles. The molecule has 0 radical (unpaired) electrons. The fraction of sp³-hybridized carbons (Fsp3) is 0.235. The third-order valence-electron chi connectivity index (χ3n) is 3.50. The highest BCUT2D eigenvalue weighted by Crippen LogP contribution is 2.18. The van der Waals surface area contributed by atoms with Crippen LogP contribution in [0.15, 0.2) is 48.5 Å². The van der Waals surface area contributed by atoms with Gasteiger partial charge in [0, 0.05) is 25.7 Å². The van der Waals surface area contributed by atoms with Gasteiger partial charge in [0.1, 0.15) is 5.75 Å². The number of rotatable bonds is 5. The molecule has 2 rings (SSSR count). The van der Waals surface area contributed by atoms with Crippen LogP contribution >= 0.6 is 0 Å². The Morgan fingerprint density at radius 2 is 1.62 bits per heavy atom. The Morgan fingerprint density at radius 3 is 2.24 bits per heavy atom. The molecule has 110 valence electrons. The summed E-state index contributed by atoms with van der Waals surface area (Å²) in [6.07, 6.45) is 0.317. The summed E-state index contributed by atoms with van der Waals surface area (Å²) >= 11 is 0. The molecule has 4 nitrogen and oxygen atoms in total. The van der Waals surface area contributed by atoms with Crippen molar-refractivity contribution in [2.24, 2.45) is 5.73 Å². The molecule has 0 bridgehead atoms. The number of aromatic hydroxyl groups is 1. The van der Waals surface area contributed by atoms with E-state index in [0.717, 1.165) is 16.7 Å². The van der Waals surface area contributed by atoms with Gasteiger partial charge in [0.25, 0.3) is 0 Å². The molecule has 2 aromatic rings. The summed E-state index contributed by atoms with van der Waals surface area (Å²) in [6.45, 7) is 0.808. The largest absolute Gasteiger partial charge is 0.508 e. The first kappa shape index (κ1) is 15.1. The SMILES string of the molecule is CN(Cc1ccccc1O)C(=O)Cc1ccccc1CN. The van der Waals surface area contributed by atoms with Crippen LogP contribution in [0.2, 0.25) is 0 Å². The zero-order valence-corrected chi connectivity index (χ0v) is 12.1. The van der Waals surface area contributed by atoms with Crippen LogP contribution < -0.4 is 5.73 Å². The fourth-order valence-corrected chi connectivity index (χ4v) is 2.22. The van der Waals surface area contributed by atoms with E-state index in [1.807, 2.05) is 36.4 Å². The molecule has 0 aromatic heterocycles. The van der Waals surface area contributed by atoms with E-state index in [-0.39, 0.29) is 11.7 Å². The molecule has 0 spiro atoms. The van der Waals surface area contributed by atoms with Crippen LogP contribution in [0.3, 0.4) is 0 Å². The third-order valence-corrected chi connectivity index (χ3v) is 3.50. The normalized spacial score (nSPS) is 10.4. The molecule has 0 saturated heterocycles. The Kier molecular flexibility index (Phi) is 4.95. The number of phenols is 1. The maximum absolute atomic E-state index is 12.3. The van der Waals surface area contributed by atoms with E-state index in [4.69, 9.17) is 5.73 Å². The van der Waals surface area contributed by atoms with Crippen LogP contribution in [0.5, 0.6) is 5.75 Å². The number of amides is 1. The molecule has 4 heteroatoms. The number of nitrogens with two attached hydrogens (primary N) is 1. The average Bonchev–Trinajstić information content (AvgIpc) is 2.50. The second kappa shape index (κ2) is 6.90. The Hall–Kier alpha value is -2.33. The van der Waals surface area contributed by atoms with Crippen LogP contribution in [0.4, 0.5) is 0 Å². The zero-order valence-electron chi connectivity index (χ0n) is 12.1. The molecular formula is C17H20N2O2. The van der Waals surface area contributed by atoms with E-state index in [0.29, 0.717) is 19.5 Å². The lowest BCUT2D eigenvalue weighted by atomic mass is 10.0. The van der Waals surface area contributed by atoms with Crippen molar-refractivity contribution in [1.29, 1.82) is 0 Å². The van der Waals surface area contributed by atoms with Gasteiger partial charge in [-0.25, -0.2) is 0 Å². The van der Waals surface area contributed by atoms with Crippen molar-refractivity contribution >= 4 is 5.91 Å². The van der Waals surface area contributed by atoms with Crippen molar-refractivity contribution in [3.63, 3.8) is 0 Å². The predicted octanol–water partition coefficient (Wildman–Crippen LogP) is 2.05. The molecule has 3 N–H and O–H groups in total. The van der Waals surface area contributed by atoms with Crippen LogP contribution in [-0.2, 0) is 24.3 Å². The van der Waals surface area contributed by atoms with Gasteiger partial charge < -0.3 is 15.7 Å². The molecule has 0 aliphatic rings. The van der Waals surface area contributed by atoms with E-state index in [1.54, 1.807) is 24.1 Å². The Labute approximate surface area is 124 Å². The van der Waals surface area contributed by atoms with Crippen LogP contribution in [0.25, 0.3) is 0 Å². The minimum absolute atomic E-state index is 0.000784. The van der Waals surface area contributed by atoms with Crippen molar-refractivity contribution in [3.05, 3.63) is 65.2 Å². The Bertz CT molecular complexity index is 626. The Balaban J connectivity index is 2.05. The van der Waals surface area contributed by atoms with Crippen molar-refractivity contribution in [3.8, 4) is 5.75 Å². The number of likely N-dealkylation sites (N-methyl/N-ethyl adjacent to an activating group) is 1. The highest BCUT2D eigenvalue weighted by Gasteiger charge is 2.13. The van der Waals surface area contributed by atoms with Crippen LogP contribution in [-0.4, -0.2) is 23.0 Å². The molecule has 21 heavy (non-hydrogen) atoms. The number of nitrogens with zero attached hydrogens (tertiary/aromatic N) is 1. The monoisotopic (exact) mass is 284 g/mol. The van der Waals surface area contributed by atoms with Gasteiger partial charge in [-0.05, 0) is 17.2 Å². The van der Waals surface area contributed by atoms with Gasteiger partial charge in [0.2, 0.25) is 5.91 Å². The molecule has 1 amide bonds. The van der Waals surface area contributed by atoms with Gasteiger partial charge in [0.05, 0.1) is 6.42 Å². The Morgan fingerprint density at radius 1 is 1.05 bits per heavy atom. The van der Waals surface area contributed by atoms with Gasteiger partial charge in [-0.3, -0.25) is 4.79 Å². The third kappa shape index (κ3) is 3.83. The number of carbonyl (C=O) groups is 1. The summed E-state index contributed by atoms with van der Waals surface area (Å²) in [7, 11) is 1.74. The summed E-state index contributed by atoms with van der Waals surface area (Å²) in [5, 5.41) is 9.76. The molecule has 0 fully saturated rings. The lowest BCUT2D eigenvalue weighted by Crippen LogP contribution is -2.28. The van der Waals surface area contributed by atoms with Crippen LogP contribution in [0, 0.1) is 0 Å². The lowest BCUT2D eigenvalue weighted by molar-refractivity contribution is -0.129. The first-order valence-corrected chi connectivity index (χ1v) is 6.89. The molecular weight excluding hydrogens is 264 g/mol. The van der Waals surface area contributed by atoms with Gasteiger partial charge in [-0.15, -0.1) is 0 Å². The predicted molar refractivity (Wildman–Crippen MR) is 82.6 cm³/mol. The number of benzene rings is 2. The highest BCUT2D eigenvalue weighted by atomic mass is 16.3. The van der Waals surface area contributed by atoms with Crippen molar-refractivity contribution in [2.75, 3.05) is 7.05 Å². The number of hydrogen-bond acceptors (Lipinski definition) is 3. The number of para-hydroxylation sites is 1. The second-order valence-corrected chi connectivity index (χ2v) is 5.03. The van der Waals surface area contributed by atoms with E-state index in [2.05, 4.69) is 0 Å². The van der Waals surface area contributed by atoms with Gasteiger partial charge in [-0.2, -0.15) is 0 Å². The van der Waals surface area contributed by atoms with E-state index in [1.165, 1.54) is 0 Å². The van der Waals surface area contributed by atoms with E-state index in [9.17, 15) is 9.90 Å². The summed E-state index contributed by atoms with van der Waals surface area (Å²) in [6, 6.07) is 14.7. The quantitative estimate of drug-likeness (QED) is 0.883. The van der Waals surface area contributed by atoms with Gasteiger partial charge in [0.15, 0.2) is 0 Å². The topological polar surface area (TPSA) is 66.6 Å². The summed E-state index contributed by atoms with van der Waals surface area (Å²) in [5.41, 5.74) is 8.37. The molecule has 0 saturated carbocycles. The van der Waals surface area contributed by atoms with Crippen molar-refractivity contribution in [2.45, 2.75) is 19.5 Å². The van der Waals surface area contributed by atoms with Crippen molar-refractivity contribution in [1.82, 2.24) is 4.90 Å². The second-order valence-electron chi connectivity index (χ2n) is 5.03. The summed E-state index contributed by atoms with van der Waals surface area (Å²) in [5.74, 6) is 0.207. The summed E-state index contributed by atoms with van der Waals surface area (Å²) in [4.78, 5) is 13.9. The first-order chi connectivity index (χ1) is 10.1. The standard InChI is InChI=1S/C17H20N2O2/c1-19(12-15-8-4-5-9-16(15)20)17(21)10-13-6-2-3-7-14(13)11-18/h2-9,20H,10-12,18H2,1H3. The van der Waals surface area contributed by atoms with E-state index < -0.39 is 0 Å². The minimum Gasteiger partial charge on any atom is -0.508 e. The summed E-state index contributed by atoms with van der Waals surface area (Å²) < 4.78 is 0. The number of carbonyl (C=O) groups excluding carboxylic acids is 1. The number of phenolic OH excluding ortho intramolecular Hbond substituents is 1. The van der Waals surface area contributed by atoms with Gasteiger partial charge in [-0.1, -0.05) is 42.5 Å².